The lowest BCUT2D eigenvalue weighted by Gasteiger charge is -2.33. The number of H-pyrrole nitrogens is 1. The average molecular weight is 474 g/mol. The van der Waals surface area contributed by atoms with E-state index >= 15 is 0 Å². The number of anilines is 2. The Morgan fingerprint density at radius 1 is 1.40 bits per heavy atom. The minimum absolute atomic E-state index is 0.104. The highest BCUT2D eigenvalue weighted by Crippen LogP contribution is 2.38. The zero-order chi connectivity index (χ0) is 21.4. The summed E-state index contributed by atoms with van der Waals surface area (Å²) in [4.78, 5) is 34.6. The van der Waals surface area contributed by atoms with Gasteiger partial charge in [-0.05, 0) is 48.7 Å². The first-order chi connectivity index (χ1) is 14.3. The third-order valence-corrected chi connectivity index (χ3v) is 5.78. The molecule has 1 saturated heterocycles. The molecule has 0 aliphatic carbocycles. The predicted molar refractivity (Wildman–Crippen MR) is 120 cm³/mol. The van der Waals surface area contributed by atoms with Gasteiger partial charge in [0, 0.05) is 37.6 Å². The molecular weight excluding hydrogens is 450 g/mol. The lowest BCUT2D eigenvalue weighted by molar-refractivity contribution is 0.101. The molecule has 4 heterocycles. The number of amides is 1. The molecule has 4 rings (SSSR count). The molecule has 30 heavy (non-hydrogen) atoms. The zero-order valence-corrected chi connectivity index (χ0v) is 18.4. The summed E-state index contributed by atoms with van der Waals surface area (Å²) in [5.41, 5.74) is 8.33. The first kappa shape index (κ1) is 20.5. The van der Waals surface area contributed by atoms with Crippen LogP contribution >= 0.6 is 15.9 Å². The van der Waals surface area contributed by atoms with Gasteiger partial charge in [0.1, 0.15) is 11.3 Å². The maximum atomic E-state index is 12.9. The van der Waals surface area contributed by atoms with E-state index in [0.29, 0.717) is 11.3 Å². The number of pyridine rings is 1. The normalized spacial score (nSPS) is 17.0. The number of nitrogens with two attached hydrogens (primary N) is 1. The Labute approximate surface area is 181 Å². The summed E-state index contributed by atoms with van der Waals surface area (Å²) in [5, 5.41) is 7.93. The Bertz CT molecular complexity index is 1150. The van der Waals surface area contributed by atoms with Crippen LogP contribution in [0.5, 0.6) is 0 Å². The number of rotatable bonds is 4. The van der Waals surface area contributed by atoms with Crippen molar-refractivity contribution < 1.29 is 4.79 Å². The molecule has 0 aromatic carbocycles. The topological polar surface area (TPSA) is 122 Å². The molecule has 9 nitrogen and oxygen atoms in total. The van der Waals surface area contributed by atoms with Crippen molar-refractivity contribution in [1.29, 1.82) is 0 Å². The second-order valence-corrected chi connectivity index (χ2v) is 8.63. The molecule has 0 bridgehead atoms. The second-order valence-electron chi connectivity index (χ2n) is 7.78. The molecule has 1 fully saturated rings. The van der Waals surface area contributed by atoms with E-state index in [1.54, 1.807) is 12.4 Å². The van der Waals surface area contributed by atoms with Crippen molar-refractivity contribution in [1.82, 2.24) is 19.7 Å². The molecule has 0 spiro atoms. The van der Waals surface area contributed by atoms with Crippen LogP contribution in [0.4, 0.5) is 11.4 Å². The van der Waals surface area contributed by atoms with Gasteiger partial charge in [0.05, 0.1) is 27.3 Å². The fourth-order valence-electron chi connectivity index (χ4n) is 3.78. The van der Waals surface area contributed by atoms with Crippen LogP contribution in [-0.4, -0.2) is 44.8 Å². The van der Waals surface area contributed by atoms with Crippen LogP contribution < -0.4 is 21.5 Å². The Kier molecular flexibility index (Phi) is 5.61. The highest BCUT2D eigenvalue weighted by atomic mass is 79.9. The fourth-order valence-corrected chi connectivity index (χ4v) is 4.33. The number of halogens is 1. The number of aromatic amines is 1. The van der Waals surface area contributed by atoms with Crippen molar-refractivity contribution in [3.63, 3.8) is 0 Å². The predicted octanol–water partition coefficient (Wildman–Crippen LogP) is 2.64. The van der Waals surface area contributed by atoms with E-state index in [1.165, 1.54) is 16.8 Å². The number of carbonyl (C=O) groups excluding carboxylic acids is 1. The maximum absolute atomic E-state index is 12.9. The minimum atomic E-state index is -0.397. The molecular formula is C20H24BrN7O2. The highest BCUT2D eigenvalue weighted by molar-refractivity contribution is 9.10. The summed E-state index contributed by atoms with van der Waals surface area (Å²) < 4.78 is 2.13. The van der Waals surface area contributed by atoms with Gasteiger partial charge in [0.15, 0.2) is 0 Å². The molecule has 1 atom stereocenters. The van der Waals surface area contributed by atoms with Gasteiger partial charge in [-0.3, -0.25) is 9.59 Å². The second kappa shape index (κ2) is 8.19. The number of hydrogen-bond acceptors (Lipinski definition) is 6. The Hall–Kier alpha value is -2.72. The van der Waals surface area contributed by atoms with Gasteiger partial charge in [0.25, 0.3) is 11.5 Å². The fraction of sp³-hybridized carbons (Fsp3) is 0.400. The molecule has 4 N–H and O–H groups in total. The summed E-state index contributed by atoms with van der Waals surface area (Å²) in [5.74, 6) is -0.397. The largest absolute Gasteiger partial charge is 0.368 e. The molecule has 10 heteroatoms. The molecule has 1 aliphatic heterocycles. The van der Waals surface area contributed by atoms with Crippen LogP contribution in [0.3, 0.4) is 0 Å². The summed E-state index contributed by atoms with van der Waals surface area (Å²) in [7, 11) is 0. The van der Waals surface area contributed by atoms with E-state index in [-0.39, 0.29) is 23.3 Å². The number of nitrogens with one attached hydrogen (secondary N) is 2. The standard InChI is InChI=1S/C20H24BrN7O2/c1-11(2)28-16(29)6-5-14(26-28)20(30)25-15-9-24-19-17(15)18(13(21)8-23-19)27-7-3-4-12(22)10-27/h5-6,8-9,11-12H,3-4,7,10,22H2,1-2H3,(H,23,24)(H,25,30). The smallest absolute Gasteiger partial charge is 0.276 e. The average Bonchev–Trinajstić information content (AvgIpc) is 3.10. The van der Waals surface area contributed by atoms with Crippen molar-refractivity contribution in [2.45, 2.75) is 38.8 Å². The third-order valence-electron chi connectivity index (χ3n) is 5.20. The van der Waals surface area contributed by atoms with E-state index in [4.69, 9.17) is 5.73 Å². The number of nitrogens with zero attached hydrogens (tertiary/aromatic N) is 4. The Balaban J connectivity index is 1.72. The summed E-state index contributed by atoms with van der Waals surface area (Å²) in [6, 6.07) is 2.75. The Morgan fingerprint density at radius 3 is 2.93 bits per heavy atom. The van der Waals surface area contributed by atoms with E-state index < -0.39 is 5.91 Å². The minimum Gasteiger partial charge on any atom is -0.368 e. The van der Waals surface area contributed by atoms with Gasteiger partial charge in [-0.25, -0.2) is 9.67 Å². The SMILES string of the molecule is CC(C)n1nc(C(=O)Nc2c[nH]c3ncc(Br)c(N4CCCC(N)C4)c23)ccc1=O. The summed E-state index contributed by atoms with van der Waals surface area (Å²) in [6.07, 6.45) is 5.47. The van der Waals surface area contributed by atoms with Crippen LogP contribution in [0.25, 0.3) is 11.0 Å². The van der Waals surface area contributed by atoms with E-state index in [9.17, 15) is 9.59 Å². The van der Waals surface area contributed by atoms with Gasteiger partial charge in [-0.2, -0.15) is 5.10 Å². The van der Waals surface area contributed by atoms with E-state index in [0.717, 1.165) is 41.5 Å². The van der Waals surface area contributed by atoms with E-state index in [1.807, 2.05) is 13.8 Å². The molecule has 158 valence electrons. The number of carbonyl (C=O) groups is 1. The third kappa shape index (κ3) is 3.84. The first-order valence-electron chi connectivity index (χ1n) is 9.92. The van der Waals surface area contributed by atoms with Crippen LogP contribution in [0.1, 0.15) is 43.2 Å². The van der Waals surface area contributed by atoms with Crippen molar-refractivity contribution >= 4 is 44.2 Å². The number of fused-ring (bicyclic) bond motifs is 1. The van der Waals surface area contributed by atoms with Gasteiger partial charge in [0.2, 0.25) is 0 Å². The zero-order valence-electron chi connectivity index (χ0n) is 16.9. The molecule has 3 aromatic rings. The quantitative estimate of drug-likeness (QED) is 0.535. The first-order valence-corrected chi connectivity index (χ1v) is 10.7. The van der Waals surface area contributed by atoms with Crippen LogP contribution in [0.15, 0.2) is 33.8 Å². The van der Waals surface area contributed by atoms with Crippen molar-refractivity contribution in [2.75, 3.05) is 23.3 Å². The van der Waals surface area contributed by atoms with Gasteiger partial charge in [-0.15, -0.1) is 0 Å². The number of hydrogen-bond donors (Lipinski definition) is 3. The molecule has 0 saturated carbocycles. The molecule has 1 aliphatic rings. The Morgan fingerprint density at radius 2 is 2.20 bits per heavy atom. The molecule has 1 unspecified atom stereocenters. The van der Waals surface area contributed by atoms with Gasteiger partial charge in [-0.1, -0.05) is 0 Å². The highest BCUT2D eigenvalue weighted by Gasteiger charge is 2.24. The lowest BCUT2D eigenvalue weighted by atomic mass is 10.1. The lowest BCUT2D eigenvalue weighted by Crippen LogP contribution is -2.43. The molecule has 1 amide bonds. The van der Waals surface area contributed by atoms with Crippen molar-refractivity contribution in [2.24, 2.45) is 5.73 Å². The van der Waals surface area contributed by atoms with E-state index in [2.05, 4.69) is 41.2 Å². The summed E-state index contributed by atoms with van der Waals surface area (Å²) in [6.45, 7) is 5.30. The van der Waals surface area contributed by atoms with Crippen molar-refractivity contribution in [3.05, 3.63) is 45.0 Å². The summed E-state index contributed by atoms with van der Waals surface area (Å²) >= 11 is 3.61. The van der Waals surface area contributed by atoms with Crippen molar-refractivity contribution in [3.8, 4) is 0 Å². The van der Waals surface area contributed by atoms with Crippen LogP contribution in [0.2, 0.25) is 0 Å². The van der Waals surface area contributed by atoms with Crippen LogP contribution in [0, 0.1) is 0 Å². The monoisotopic (exact) mass is 473 g/mol. The maximum Gasteiger partial charge on any atom is 0.276 e. The molecule has 3 aromatic heterocycles. The number of piperidine rings is 1. The molecule has 0 radical (unpaired) electrons. The van der Waals surface area contributed by atoms with Gasteiger partial charge < -0.3 is 20.9 Å². The van der Waals surface area contributed by atoms with Crippen LogP contribution in [-0.2, 0) is 0 Å². The van der Waals surface area contributed by atoms with Gasteiger partial charge >= 0.3 is 0 Å². The number of aromatic nitrogens is 4.